The Labute approximate surface area is 135 Å². The molecule has 1 amide bonds. The first-order valence-electron chi connectivity index (χ1n) is 7.44. The van der Waals surface area contributed by atoms with Gasteiger partial charge in [-0.15, -0.1) is 0 Å². The summed E-state index contributed by atoms with van der Waals surface area (Å²) in [5, 5.41) is 2.86. The maximum absolute atomic E-state index is 12.1. The number of amides is 1. The van der Waals surface area contributed by atoms with E-state index in [1.165, 1.54) is 6.92 Å². The van der Waals surface area contributed by atoms with E-state index in [1.807, 2.05) is 18.2 Å². The molecular weight excluding hydrogens is 292 g/mol. The van der Waals surface area contributed by atoms with E-state index >= 15 is 0 Å². The molecule has 1 N–H and O–H groups in total. The number of benzene rings is 1. The Morgan fingerprint density at radius 3 is 2.70 bits per heavy atom. The van der Waals surface area contributed by atoms with Crippen molar-refractivity contribution >= 4 is 11.7 Å². The Kier molecular flexibility index (Phi) is 5.86. The minimum absolute atomic E-state index is 0.0375. The largest absolute Gasteiger partial charge is 0.496 e. The van der Waals surface area contributed by atoms with Crippen LogP contribution in [0.3, 0.4) is 0 Å². The molecule has 0 aliphatic carbocycles. The third kappa shape index (κ3) is 4.92. The van der Waals surface area contributed by atoms with Crippen LogP contribution in [0, 0.1) is 0 Å². The molecule has 0 bridgehead atoms. The Morgan fingerprint density at radius 1 is 1.22 bits per heavy atom. The van der Waals surface area contributed by atoms with Crippen LogP contribution in [0.25, 0.3) is 0 Å². The number of hydrogen-bond donors (Lipinski definition) is 1. The molecule has 2 rings (SSSR count). The Hall–Kier alpha value is -2.69. The van der Waals surface area contributed by atoms with Crippen molar-refractivity contribution in [1.29, 1.82) is 0 Å². The molecule has 0 atom stereocenters. The second-order valence-electron chi connectivity index (χ2n) is 5.18. The lowest BCUT2D eigenvalue weighted by Gasteiger charge is -2.10. The van der Waals surface area contributed by atoms with Crippen LogP contribution in [0.1, 0.15) is 28.5 Å². The van der Waals surface area contributed by atoms with Gasteiger partial charge < -0.3 is 10.1 Å². The number of rotatable bonds is 7. The average molecular weight is 312 g/mol. The molecule has 0 spiro atoms. The van der Waals surface area contributed by atoms with Gasteiger partial charge in [-0.05, 0) is 37.3 Å². The molecular formula is C18H20N2O3. The molecule has 5 heteroatoms. The zero-order chi connectivity index (χ0) is 16.7. The average Bonchev–Trinajstić information content (AvgIpc) is 2.55. The van der Waals surface area contributed by atoms with Gasteiger partial charge in [0.25, 0.3) is 0 Å². The number of pyridine rings is 1. The van der Waals surface area contributed by atoms with Crippen molar-refractivity contribution < 1.29 is 14.3 Å². The smallest absolute Gasteiger partial charge is 0.224 e. The number of ketones is 1. The monoisotopic (exact) mass is 312 g/mol. The summed E-state index contributed by atoms with van der Waals surface area (Å²) >= 11 is 0. The number of Topliss-reactive ketones (excluding diaryl/α,β-unsaturated/α-hetero) is 1. The molecule has 0 unspecified atom stereocenters. The van der Waals surface area contributed by atoms with Crippen LogP contribution in [0.4, 0.5) is 0 Å². The number of carbonyl (C=O) groups excluding carboxylic acids is 2. The molecule has 0 fully saturated rings. The predicted octanol–water partition coefficient (Wildman–Crippen LogP) is 2.19. The first-order chi connectivity index (χ1) is 11.1. The van der Waals surface area contributed by atoms with Crippen molar-refractivity contribution in [1.82, 2.24) is 10.3 Å². The molecule has 5 nitrogen and oxygen atoms in total. The number of hydrogen-bond acceptors (Lipinski definition) is 4. The van der Waals surface area contributed by atoms with Crippen LogP contribution in [-0.4, -0.2) is 30.3 Å². The standard InChI is InChI=1S/C18H20N2O3/c1-13(21)14-6-7-17(23-2)15(11-14)12-18(22)20-10-8-16-5-3-4-9-19-16/h3-7,9,11H,8,10,12H2,1-2H3,(H,20,22). The van der Waals surface area contributed by atoms with Crippen LogP contribution in [0.5, 0.6) is 5.75 Å². The topological polar surface area (TPSA) is 68.3 Å². The Morgan fingerprint density at radius 2 is 2.04 bits per heavy atom. The van der Waals surface area contributed by atoms with Gasteiger partial charge in [-0.2, -0.15) is 0 Å². The molecule has 1 aromatic heterocycles. The first kappa shape index (κ1) is 16.7. The molecule has 2 aromatic rings. The number of methoxy groups -OCH3 is 1. The molecule has 1 aromatic carbocycles. The van der Waals surface area contributed by atoms with Gasteiger partial charge in [0, 0.05) is 36.0 Å². The maximum Gasteiger partial charge on any atom is 0.224 e. The van der Waals surface area contributed by atoms with Crippen LogP contribution in [0.15, 0.2) is 42.6 Å². The third-order valence-corrected chi connectivity index (χ3v) is 3.47. The normalized spacial score (nSPS) is 10.2. The van der Waals surface area contributed by atoms with E-state index in [0.29, 0.717) is 29.8 Å². The Balaban J connectivity index is 1.94. The predicted molar refractivity (Wildman–Crippen MR) is 87.7 cm³/mol. The van der Waals surface area contributed by atoms with Crippen LogP contribution < -0.4 is 10.1 Å². The first-order valence-corrected chi connectivity index (χ1v) is 7.44. The number of ether oxygens (including phenoxy) is 1. The quantitative estimate of drug-likeness (QED) is 0.796. The zero-order valence-electron chi connectivity index (χ0n) is 13.3. The van der Waals surface area contributed by atoms with E-state index in [1.54, 1.807) is 31.5 Å². The summed E-state index contributed by atoms with van der Waals surface area (Å²) in [5.41, 5.74) is 2.21. The maximum atomic E-state index is 12.1. The van der Waals surface area contributed by atoms with E-state index in [9.17, 15) is 9.59 Å². The van der Waals surface area contributed by atoms with Crippen LogP contribution >= 0.6 is 0 Å². The van der Waals surface area contributed by atoms with Crippen molar-refractivity contribution in [3.05, 3.63) is 59.4 Å². The van der Waals surface area contributed by atoms with E-state index in [0.717, 1.165) is 5.69 Å². The minimum Gasteiger partial charge on any atom is -0.496 e. The Bertz CT molecular complexity index is 684. The van der Waals surface area contributed by atoms with Gasteiger partial charge in [-0.25, -0.2) is 0 Å². The number of nitrogens with zero attached hydrogens (tertiary/aromatic N) is 1. The van der Waals surface area contributed by atoms with Crippen molar-refractivity contribution in [2.75, 3.05) is 13.7 Å². The van der Waals surface area contributed by atoms with Gasteiger partial charge >= 0.3 is 0 Å². The highest BCUT2D eigenvalue weighted by atomic mass is 16.5. The summed E-state index contributed by atoms with van der Waals surface area (Å²) < 4.78 is 5.25. The fraction of sp³-hybridized carbons (Fsp3) is 0.278. The molecule has 0 aliphatic rings. The summed E-state index contributed by atoms with van der Waals surface area (Å²) in [7, 11) is 1.55. The molecule has 0 saturated carbocycles. The van der Waals surface area contributed by atoms with Crippen LogP contribution in [0.2, 0.25) is 0 Å². The van der Waals surface area contributed by atoms with Crippen LogP contribution in [-0.2, 0) is 17.6 Å². The highest BCUT2D eigenvalue weighted by Gasteiger charge is 2.11. The molecule has 1 heterocycles. The minimum atomic E-state index is -0.111. The molecule has 0 radical (unpaired) electrons. The van der Waals surface area contributed by atoms with Gasteiger partial charge in [0.05, 0.1) is 13.5 Å². The summed E-state index contributed by atoms with van der Waals surface area (Å²) in [6, 6.07) is 10.8. The summed E-state index contributed by atoms with van der Waals surface area (Å²) in [6.07, 6.45) is 2.58. The van der Waals surface area contributed by atoms with E-state index in [2.05, 4.69) is 10.3 Å². The van der Waals surface area contributed by atoms with Crippen molar-refractivity contribution in [3.8, 4) is 5.75 Å². The van der Waals surface area contributed by atoms with Gasteiger partial charge in [-0.1, -0.05) is 6.07 Å². The van der Waals surface area contributed by atoms with Crippen molar-refractivity contribution in [2.24, 2.45) is 0 Å². The number of carbonyl (C=O) groups is 2. The second-order valence-corrected chi connectivity index (χ2v) is 5.18. The lowest BCUT2D eigenvalue weighted by atomic mass is 10.0. The fourth-order valence-corrected chi connectivity index (χ4v) is 2.25. The summed E-state index contributed by atoms with van der Waals surface area (Å²) in [5.74, 6) is 0.458. The van der Waals surface area contributed by atoms with Gasteiger partial charge in [0.15, 0.2) is 5.78 Å². The molecule has 23 heavy (non-hydrogen) atoms. The molecule has 0 saturated heterocycles. The third-order valence-electron chi connectivity index (χ3n) is 3.47. The second kappa shape index (κ2) is 8.08. The van der Waals surface area contributed by atoms with Gasteiger partial charge in [-0.3, -0.25) is 14.6 Å². The van der Waals surface area contributed by atoms with E-state index < -0.39 is 0 Å². The fourth-order valence-electron chi connectivity index (χ4n) is 2.25. The zero-order valence-corrected chi connectivity index (χ0v) is 13.3. The van der Waals surface area contributed by atoms with Gasteiger partial charge in [0.1, 0.15) is 5.75 Å². The molecule has 0 aliphatic heterocycles. The van der Waals surface area contributed by atoms with Crippen molar-refractivity contribution in [3.63, 3.8) is 0 Å². The number of nitrogens with one attached hydrogen (secondary N) is 1. The SMILES string of the molecule is COc1ccc(C(C)=O)cc1CC(=O)NCCc1ccccn1. The molecule has 120 valence electrons. The van der Waals surface area contributed by atoms with Crippen molar-refractivity contribution in [2.45, 2.75) is 19.8 Å². The number of aromatic nitrogens is 1. The highest BCUT2D eigenvalue weighted by Crippen LogP contribution is 2.20. The lowest BCUT2D eigenvalue weighted by Crippen LogP contribution is -2.27. The van der Waals surface area contributed by atoms with E-state index in [-0.39, 0.29) is 18.1 Å². The highest BCUT2D eigenvalue weighted by molar-refractivity contribution is 5.94. The lowest BCUT2D eigenvalue weighted by molar-refractivity contribution is -0.120. The van der Waals surface area contributed by atoms with E-state index in [4.69, 9.17) is 4.74 Å². The summed E-state index contributed by atoms with van der Waals surface area (Å²) in [6.45, 7) is 2.02. The summed E-state index contributed by atoms with van der Waals surface area (Å²) in [4.78, 5) is 27.8. The van der Waals surface area contributed by atoms with Gasteiger partial charge in [0.2, 0.25) is 5.91 Å².